The van der Waals surface area contributed by atoms with Gasteiger partial charge >= 0.3 is 5.97 Å². The maximum Gasteiger partial charge on any atom is 0.320 e. The number of aromatic nitrogens is 1. The molecule has 6 heteroatoms. The molecule has 15 heavy (non-hydrogen) atoms. The lowest BCUT2D eigenvalue weighted by molar-refractivity contribution is -0.138. The van der Waals surface area contributed by atoms with Gasteiger partial charge < -0.3 is 10.8 Å². The molecule has 0 radical (unpaired) electrons. The summed E-state index contributed by atoms with van der Waals surface area (Å²) in [6.45, 7) is 0. The van der Waals surface area contributed by atoms with Crippen LogP contribution in [0.3, 0.4) is 0 Å². The SMILES string of the molecule is Cl.Cl.NC(CCc1ccccn1)C(=O)O. The zero-order chi connectivity index (χ0) is 9.68. The fraction of sp³-hybridized carbons (Fsp3) is 0.333. The molecule has 0 fully saturated rings. The Morgan fingerprint density at radius 2 is 2.13 bits per heavy atom. The molecular weight excluding hydrogens is 239 g/mol. The van der Waals surface area contributed by atoms with Crippen LogP contribution in [0.25, 0.3) is 0 Å². The van der Waals surface area contributed by atoms with Crippen LogP contribution in [0.5, 0.6) is 0 Å². The van der Waals surface area contributed by atoms with Crippen molar-refractivity contribution in [3.8, 4) is 0 Å². The third kappa shape index (κ3) is 6.28. The molecule has 0 saturated carbocycles. The van der Waals surface area contributed by atoms with E-state index in [1.807, 2.05) is 18.2 Å². The second kappa shape index (κ2) is 8.47. The highest BCUT2D eigenvalue weighted by Gasteiger charge is 2.10. The summed E-state index contributed by atoms with van der Waals surface area (Å²) < 4.78 is 0. The number of halogens is 2. The van der Waals surface area contributed by atoms with Crippen LogP contribution >= 0.6 is 24.8 Å². The van der Waals surface area contributed by atoms with Gasteiger partial charge in [-0.05, 0) is 25.0 Å². The van der Waals surface area contributed by atoms with E-state index in [9.17, 15) is 4.79 Å². The zero-order valence-electron chi connectivity index (χ0n) is 8.00. The maximum absolute atomic E-state index is 10.4. The number of carboxylic acids is 1. The number of aliphatic carboxylic acids is 1. The van der Waals surface area contributed by atoms with Crippen molar-refractivity contribution >= 4 is 30.8 Å². The molecule has 1 aromatic rings. The van der Waals surface area contributed by atoms with Crippen LogP contribution in [0.15, 0.2) is 24.4 Å². The predicted molar refractivity (Wildman–Crippen MR) is 62.7 cm³/mol. The second-order valence-corrected chi connectivity index (χ2v) is 2.80. The van der Waals surface area contributed by atoms with Crippen LogP contribution in [-0.2, 0) is 11.2 Å². The summed E-state index contributed by atoms with van der Waals surface area (Å²) >= 11 is 0. The molecule has 0 amide bonds. The first-order valence-corrected chi connectivity index (χ1v) is 4.08. The van der Waals surface area contributed by atoms with E-state index in [0.29, 0.717) is 12.8 Å². The molecule has 0 bridgehead atoms. The zero-order valence-corrected chi connectivity index (χ0v) is 9.63. The van der Waals surface area contributed by atoms with Gasteiger partial charge in [0.05, 0.1) is 0 Å². The van der Waals surface area contributed by atoms with Gasteiger partial charge in [-0.1, -0.05) is 6.07 Å². The lowest BCUT2D eigenvalue weighted by Crippen LogP contribution is -2.30. The van der Waals surface area contributed by atoms with Gasteiger partial charge in [-0.2, -0.15) is 0 Å². The maximum atomic E-state index is 10.4. The minimum atomic E-state index is -0.962. The molecule has 1 heterocycles. The summed E-state index contributed by atoms with van der Waals surface area (Å²) in [6.07, 6.45) is 2.71. The Kier molecular flexibility index (Phi) is 9.36. The first-order valence-electron chi connectivity index (χ1n) is 4.08. The average molecular weight is 253 g/mol. The molecule has 0 saturated heterocycles. The molecule has 1 rings (SSSR count). The van der Waals surface area contributed by atoms with E-state index in [-0.39, 0.29) is 24.8 Å². The van der Waals surface area contributed by atoms with Crippen LogP contribution in [0.1, 0.15) is 12.1 Å². The third-order valence-electron chi connectivity index (χ3n) is 1.75. The van der Waals surface area contributed by atoms with Crippen molar-refractivity contribution in [2.75, 3.05) is 0 Å². The van der Waals surface area contributed by atoms with Crippen LogP contribution in [0.4, 0.5) is 0 Å². The summed E-state index contributed by atoms with van der Waals surface area (Å²) in [5, 5.41) is 8.51. The molecule has 0 aliphatic carbocycles. The topological polar surface area (TPSA) is 76.2 Å². The summed E-state index contributed by atoms with van der Waals surface area (Å²) in [6, 6.07) is 4.76. The minimum absolute atomic E-state index is 0. The van der Waals surface area contributed by atoms with E-state index in [2.05, 4.69) is 4.98 Å². The summed E-state index contributed by atoms with van der Waals surface area (Å²) in [4.78, 5) is 14.4. The van der Waals surface area contributed by atoms with Gasteiger partial charge in [0, 0.05) is 11.9 Å². The molecule has 1 atom stereocenters. The lowest BCUT2D eigenvalue weighted by Gasteiger charge is -2.04. The van der Waals surface area contributed by atoms with Crippen molar-refractivity contribution in [2.45, 2.75) is 18.9 Å². The number of nitrogens with two attached hydrogens (primary N) is 1. The Morgan fingerprint density at radius 3 is 2.60 bits per heavy atom. The molecule has 0 aromatic carbocycles. The molecule has 0 spiro atoms. The molecule has 86 valence electrons. The molecule has 4 nitrogen and oxygen atoms in total. The summed E-state index contributed by atoms with van der Waals surface area (Å²) in [5.74, 6) is -0.962. The Hall–Kier alpha value is -0.840. The number of nitrogens with zero attached hydrogens (tertiary/aromatic N) is 1. The van der Waals surface area contributed by atoms with Gasteiger partial charge in [0.25, 0.3) is 0 Å². The number of rotatable bonds is 4. The summed E-state index contributed by atoms with van der Waals surface area (Å²) in [7, 11) is 0. The monoisotopic (exact) mass is 252 g/mol. The van der Waals surface area contributed by atoms with E-state index in [0.717, 1.165) is 5.69 Å². The molecule has 1 aromatic heterocycles. The standard InChI is InChI=1S/C9H12N2O2.2ClH/c10-8(9(12)13)5-4-7-3-1-2-6-11-7;;/h1-3,6,8H,4-5,10H2,(H,12,13);2*1H. The van der Waals surface area contributed by atoms with E-state index >= 15 is 0 Å². The highest BCUT2D eigenvalue weighted by atomic mass is 35.5. The normalized spacial score (nSPS) is 10.7. The quantitative estimate of drug-likeness (QED) is 0.847. The average Bonchev–Trinajstić information content (AvgIpc) is 2.15. The van der Waals surface area contributed by atoms with Gasteiger partial charge in [0.15, 0.2) is 0 Å². The van der Waals surface area contributed by atoms with Crippen molar-refractivity contribution in [3.05, 3.63) is 30.1 Å². The van der Waals surface area contributed by atoms with Crippen molar-refractivity contribution < 1.29 is 9.90 Å². The molecule has 3 N–H and O–H groups in total. The smallest absolute Gasteiger partial charge is 0.320 e. The van der Waals surface area contributed by atoms with Gasteiger partial charge in [-0.15, -0.1) is 24.8 Å². The van der Waals surface area contributed by atoms with E-state index in [1.54, 1.807) is 6.20 Å². The van der Waals surface area contributed by atoms with Gasteiger partial charge in [0.2, 0.25) is 0 Å². The lowest BCUT2D eigenvalue weighted by atomic mass is 10.1. The van der Waals surface area contributed by atoms with Gasteiger partial charge in [-0.3, -0.25) is 9.78 Å². The van der Waals surface area contributed by atoms with E-state index in [4.69, 9.17) is 10.8 Å². The number of aryl methyl sites for hydroxylation is 1. The van der Waals surface area contributed by atoms with Crippen LogP contribution in [0.2, 0.25) is 0 Å². The number of carboxylic acid groups (broad SMARTS) is 1. The first-order chi connectivity index (χ1) is 6.20. The van der Waals surface area contributed by atoms with Crippen LogP contribution in [-0.4, -0.2) is 22.1 Å². The van der Waals surface area contributed by atoms with Crippen molar-refractivity contribution in [1.29, 1.82) is 0 Å². The minimum Gasteiger partial charge on any atom is -0.480 e. The highest BCUT2D eigenvalue weighted by molar-refractivity contribution is 5.85. The number of carbonyl (C=O) groups is 1. The second-order valence-electron chi connectivity index (χ2n) is 2.80. The van der Waals surface area contributed by atoms with Gasteiger partial charge in [0.1, 0.15) is 6.04 Å². The van der Waals surface area contributed by atoms with Crippen molar-refractivity contribution in [1.82, 2.24) is 4.98 Å². The summed E-state index contributed by atoms with van der Waals surface area (Å²) in [5.41, 5.74) is 6.21. The van der Waals surface area contributed by atoms with E-state index < -0.39 is 12.0 Å². The molecule has 1 unspecified atom stereocenters. The number of hydrogen-bond acceptors (Lipinski definition) is 3. The Balaban J connectivity index is 0. The number of hydrogen-bond donors (Lipinski definition) is 2. The Bertz CT molecular complexity index is 283. The fourth-order valence-corrected chi connectivity index (χ4v) is 0.973. The fourth-order valence-electron chi connectivity index (χ4n) is 0.973. The van der Waals surface area contributed by atoms with Crippen LogP contribution < -0.4 is 5.73 Å². The molecular formula is C9H14Cl2N2O2. The predicted octanol–water partition coefficient (Wildman–Crippen LogP) is 1.27. The van der Waals surface area contributed by atoms with Gasteiger partial charge in [-0.25, -0.2) is 0 Å². The number of pyridine rings is 1. The van der Waals surface area contributed by atoms with Crippen LogP contribution in [0, 0.1) is 0 Å². The van der Waals surface area contributed by atoms with Crippen molar-refractivity contribution in [3.63, 3.8) is 0 Å². The first kappa shape index (κ1) is 16.6. The third-order valence-corrected chi connectivity index (χ3v) is 1.75. The molecule has 0 aliphatic rings. The van der Waals surface area contributed by atoms with Crippen molar-refractivity contribution in [2.24, 2.45) is 5.73 Å². The van der Waals surface area contributed by atoms with E-state index in [1.165, 1.54) is 0 Å². The highest BCUT2D eigenvalue weighted by Crippen LogP contribution is 2.00. The largest absolute Gasteiger partial charge is 0.480 e. The Morgan fingerprint density at radius 1 is 1.47 bits per heavy atom. The Labute approximate surface area is 101 Å². The molecule has 0 aliphatic heterocycles.